The van der Waals surface area contributed by atoms with Gasteiger partial charge in [-0.05, 0) is 68.1 Å². The van der Waals surface area contributed by atoms with Crippen molar-refractivity contribution in [3.63, 3.8) is 0 Å². The second kappa shape index (κ2) is 11.8. The Balaban J connectivity index is 1.02. The van der Waals surface area contributed by atoms with Gasteiger partial charge in [-0.2, -0.15) is 0 Å². The highest BCUT2D eigenvalue weighted by Gasteiger charge is 2.45. The van der Waals surface area contributed by atoms with Crippen LogP contribution >= 0.6 is 0 Å². The molecule has 51 heavy (non-hydrogen) atoms. The lowest BCUT2D eigenvalue weighted by atomic mass is 9.63. The lowest BCUT2D eigenvalue weighted by Crippen LogP contribution is -2.34. The van der Waals surface area contributed by atoms with Crippen LogP contribution in [-0.2, 0) is 5.41 Å². The highest BCUT2D eigenvalue weighted by atomic mass is 16.5. The number of furan rings is 1. The monoisotopic (exact) mass is 652 g/mol. The molecule has 1 aromatic heterocycles. The van der Waals surface area contributed by atoms with Crippen molar-refractivity contribution in [3.05, 3.63) is 216 Å². The summed E-state index contributed by atoms with van der Waals surface area (Å²) in [6.07, 6.45) is 0. The van der Waals surface area contributed by atoms with E-state index < -0.39 is 5.41 Å². The summed E-state index contributed by atoms with van der Waals surface area (Å²) in [6.45, 7) is 0. The predicted octanol–water partition coefficient (Wildman–Crippen LogP) is 13.1. The van der Waals surface area contributed by atoms with E-state index in [1.165, 1.54) is 43.8 Å². The fourth-order valence-corrected chi connectivity index (χ4v) is 8.12. The van der Waals surface area contributed by atoms with Gasteiger partial charge in [-0.1, -0.05) is 170 Å². The van der Waals surface area contributed by atoms with Gasteiger partial charge in [-0.15, -0.1) is 0 Å². The second-order valence-electron chi connectivity index (χ2n) is 13.2. The largest absolute Gasteiger partial charge is 0.457 e. The molecule has 0 spiro atoms. The topological polar surface area (TPSA) is 22.4 Å². The Labute approximate surface area is 296 Å². The van der Waals surface area contributed by atoms with E-state index in [0.717, 1.165) is 45.3 Å². The Bertz CT molecular complexity index is 2660. The molecule has 2 heteroatoms. The summed E-state index contributed by atoms with van der Waals surface area (Å²) in [5.74, 6) is 3.30. The SMILES string of the molecule is c1ccc(C2(c3ccccc3)c3ccccc3Oc3cc(-c4ccc(-c5ccc(-c6cccc7c6ccc6ccccc67)cc5)o4)ccc32)cc1. The fourth-order valence-electron chi connectivity index (χ4n) is 8.12. The summed E-state index contributed by atoms with van der Waals surface area (Å²) in [5, 5.41) is 5.06. The van der Waals surface area contributed by atoms with Crippen LogP contribution in [0.1, 0.15) is 22.3 Å². The molecule has 0 unspecified atom stereocenters. The minimum Gasteiger partial charge on any atom is -0.457 e. The average Bonchev–Trinajstić information content (AvgIpc) is 3.71. The third-order valence-corrected chi connectivity index (χ3v) is 10.5. The molecule has 0 aliphatic carbocycles. The Hall–Kier alpha value is -6.64. The predicted molar refractivity (Wildman–Crippen MR) is 208 cm³/mol. The first-order valence-corrected chi connectivity index (χ1v) is 17.4. The first-order chi connectivity index (χ1) is 25.3. The number of rotatable bonds is 5. The third-order valence-electron chi connectivity index (χ3n) is 10.5. The molecule has 0 radical (unpaired) electrons. The number of para-hydroxylation sites is 1. The Morgan fingerprint density at radius 2 is 0.961 bits per heavy atom. The van der Waals surface area contributed by atoms with Crippen molar-refractivity contribution in [2.45, 2.75) is 5.41 Å². The van der Waals surface area contributed by atoms with E-state index in [9.17, 15) is 0 Å². The van der Waals surface area contributed by atoms with Crippen LogP contribution in [0.5, 0.6) is 11.5 Å². The van der Waals surface area contributed by atoms with Crippen LogP contribution in [0.2, 0.25) is 0 Å². The maximum Gasteiger partial charge on any atom is 0.134 e. The first-order valence-electron chi connectivity index (χ1n) is 17.4. The highest BCUT2D eigenvalue weighted by Crippen LogP contribution is 2.55. The summed E-state index contributed by atoms with van der Waals surface area (Å²) in [4.78, 5) is 0. The van der Waals surface area contributed by atoms with Crippen molar-refractivity contribution in [2.24, 2.45) is 0 Å². The van der Waals surface area contributed by atoms with Crippen molar-refractivity contribution in [1.29, 1.82) is 0 Å². The van der Waals surface area contributed by atoms with Crippen molar-refractivity contribution in [3.8, 4) is 45.3 Å². The zero-order valence-electron chi connectivity index (χ0n) is 27.8. The molecule has 1 aliphatic rings. The summed E-state index contributed by atoms with van der Waals surface area (Å²) in [7, 11) is 0. The van der Waals surface area contributed by atoms with Crippen LogP contribution in [-0.4, -0.2) is 0 Å². The van der Waals surface area contributed by atoms with Gasteiger partial charge in [0, 0.05) is 22.3 Å². The van der Waals surface area contributed by atoms with Crippen molar-refractivity contribution < 1.29 is 9.15 Å². The Kier molecular flexibility index (Phi) is 6.75. The Morgan fingerprint density at radius 1 is 0.353 bits per heavy atom. The van der Waals surface area contributed by atoms with E-state index in [2.05, 4.69) is 188 Å². The van der Waals surface area contributed by atoms with E-state index in [1.54, 1.807) is 0 Å². The standard InChI is InChI=1S/C49H32O2/c1-3-13-37(14-4-1)49(38-15-5-2-6-16-38)43-20-9-10-21-47(43)51-48-32-36(27-29-44(48)49)46-31-30-45(50-46)35-24-22-34(23-25-35)40-18-11-19-41-39-17-8-7-12-33(39)26-28-42(40)41/h1-32H. The van der Waals surface area contributed by atoms with Crippen LogP contribution in [0.25, 0.3) is 55.3 Å². The number of benzene rings is 8. The van der Waals surface area contributed by atoms with Gasteiger partial charge in [0.25, 0.3) is 0 Å². The molecule has 0 atom stereocenters. The zero-order chi connectivity index (χ0) is 33.8. The van der Waals surface area contributed by atoms with Gasteiger partial charge in [0.15, 0.2) is 0 Å². The lowest BCUT2D eigenvalue weighted by Gasteiger charge is -2.41. The van der Waals surface area contributed by atoms with E-state index in [4.69, 9.17) is 9.15 Å². The molecule has 1 aliphatic heterocycles. The minimum atomic E-state index is -0.543. The Morgan fingerprint density at radius 3 is 1.75 bits per heavy atom. The van der Waals surface area contributed by atoms with Gasteiger partial charge in [-0.3, -0.25) is 0 Å². The molecule has 9 aromatic rings. The van der Waals surface area contributed by atoms with Gasteiger partial charge in [0.1, 0.15) is 23.0 Å². The molecular formula is C49H32O2. The summed E-state index contributed by atoms with van der Waals surface area (Å²) >= 11 is 0. The van der Waals surface area contributed by atoms with Crippen LogP contribution in [0.3, 0.4) is 0 Å². The molecule has 0 N–H and O–H groups in total. The molecule has 0 fully saturated rings. The molecule has 240 valence electrons. The van der Waals surface area contributed by atoms with Gasteiger partial charge in [0.05, 0.1) is 5.41 Å². The molecule has 0 saturated carbocycles. The summed E-state index contributed by atoms with van der Waals surface area (Å²) in [5.41, 5.74) is 8.48. The van der Waals surface area contributed by atoms with Crippen LogP contribution in [0, 0.1) is 0 Å². The maximum atomic E-state index is 6.70. The average molecular weight is 653 g/mol. The van der Waals surface area contributed by atoms with E-state index in [1.807, 2.05) is 6.07 Å². The highest BCUT2D eigenvalue weighted by molar-refractivity contribution is 6.12. The van der Waals surface area contributed by atoms with Crippen molar-refractivity contribution >= 4 is 21.5 Å². The zero-order valence-corrected chi connectivity index (χ0v) is 27.8. The van der Waals surface area contributed by atoms with Crippen LogP contribution in [0.15, 0.2) is 199 Å². The van der Waals surface area contributed by atoms with Crippen LogP contribution in [0.4, 0.5) is 0 Å². The number of hydrogen-bond donors (Lipinski definition) is 0. The maximum absolute atomic E-state index is 6.70. The second-order valence-corrected chi connectivity index (χ2v) is 13.2. The lowest BCUT2D eigenvalue weighted by molar-refractivity contribution is 0.434. The fraction of sp³-hybridized carbons (Fsp3) is 0.0204. The molecule has 2 nitrogen and oxygen atoms in total. The molecule has 0 saturated heterocycles. The van der Waals surface area contributed by atoms with E-state index in [-0.39, 0.29) is 0 Å². The normalized spacial score (nSPS) is 13.0. The van der Waals surface area contributed by atoms with Gasteiger partial charge in [0.2, 0.25) is 0 Å². The molecule has 2 heterocycles. The number of hydrogen-bond acceptors (Lipinski definition) is 2. The molecule has 10 rings (SSSR count). The smallest absolute Gasteiger partial charge is 0.134 e. The number of fused-ring (bicyclic) bond motifs is 5. The van der Waals surface area contributed by atoms with Crippen LogP contribution < -0.4 is 4.74 Å². The minimum absolute atomic E-state index is 0.543. The van der Waals surface area contributed by atoms with Crippen molar-refractivity contribution in [2.75, 3.05) is 0 Å². The third kappa shape index (κ3) is 4.65. The molecule has 0 bridgehead atoms. The number of ether oxygens (including phenoxy) is 1. The molecule has 8 aromatic carbocycles. The molecule has 0 amide bonds. The van der Waals surface area contributed by atoms with Crippen molar-refractivity contribution in [1.82, 2.24) is 0 Å². The quantitative estimate of drug-likeness (QED) is 0.173. The van der Waals surface area contributed by atoms with E-state index in [0.29, 0.717) is 0 Å². The van der Waals surface area contributed by atoms with E-state index >= 15 is 0 Å². The first kappa shape index (κ1) is 29.3. The van der Waals surface area contributed by atoms with Gasteiger partial charge < -0.3 is 9.15 Å². The summed E-state index contributed by atoms with van der Waals surface area (Å²) in [6, 6.07) is 68.8. The summed E-state index contributed by atoms with van der Waals surface area (Å²) < 4.78 is 13.2. The molecular weight excluding hydrogens is 621 g/mol. The van der Waals surface area contributed by atoms with Gasteiger partial charge in [-0.25, -0.2) is 0 Å². The van der Waals surface area contributed by atoms with Gasteiger partial charge >= 0.3 is 0 Å².